The molecule has 5 amide bonds. The van der Waals surface area contributed by atoms with E-state index in [0.717, 1.165) is 10.5 Å². The lowest BCUT2D eigenvalue weighted by Crippen LogP contribution is -2.56. The van der Waals surface area contributed by atoms with Gasteiger partial charge in [0.25, 0.3) is 5.91 Å². The van der Waals surface area contributed by atoms with Gasteiger partial charge in [-0.1, -0.05) is 18.2 Å². The van der Waals surface area contributed by atoms with Gasteiger partial charge in [-0.3, -0.25) is 14.4 Å². The standard InChI is InChI=1S/C28H30FN5O7/c1-30-26(39)32-19-6-7-22-17(10-19)8-9-28(22)25(38)34(27(40)41-28)15-23(35)33(14-16-2-4-18(29)5-3-16)21-11-20(12-21)31-13-24(36)37/h2-7,10,20-21,31H,8-9,11-15H2,1H3,(H,36,37)(H2,30,32,39)/t20?,21?,28-/m1/s1. The van der Waals surface area contributed by atoms with Crippen LogP contribution in [0.15, 0.2) is 42.5 Å². The molecule has 13 heteroatoms. The Labute approximate surface area is 234 Å². The van der Waals surface area contributed by atoms with Gasteiger partial charge in [-0.2, -0.15) is 0 Å². The molecule has 1 atom stereocenters. The SMILES string of the molecule is CNC(=O)Nc1ccc2c(c1)CC[C@@]21OC(=O)N(CC(=O)N(Cc2ccc(F)cc2)C2CC(NCC(=O)O)C2)C1=O. The molecule has 0 unspecified atom stereocenters. The first-order chi connectivity index (χ1) is 19.6. The number of nitrogens with zero attached hydrogens (tertiary/aromatic N) is 2. The van der Waals surface area contributed by atoms with Gasteiger partial charge < -0.3 is 30.7 Å². The van der Waals surface area contributed by atoms with E-state index in [-0.39, 0.29) is 31.6 Å². The number of anilines is 1. The summed E-state index contributed by atoms with van der Waals surface area (Å²) in [5.41, 5.74) is 0.919. The molecule has 2 aliphatic carbocycles. The van der Waals surface area contributed by atoms with Gasteiger partial charge in [0.05, 0.1) is 6.54 Å². The summed E-state index contributed by atoms with van der Waals surface area (Å²) in [6.45, 7) is -0.609. The first kappa shape index (κ1) is 28.0. The van der Waals surface area contributed by atoms with Crippen molar-refractivity contribution >= 4 is 35.6 Å². The molecule has 3 aliphatic rings. The molecule has 2 fully saturated rings. The zero-order valence-electron chi connectivity index (χ0n) is 22.3. The first-order valence-corrected chi connectivity index (χ1v) is 13.3. The third-order valence-corrected chi connectivity index (χ3v) is 7.82. The fourth-order valence-corrected chi connectivity index (χ4v) is 5.60. The van der Waals surface area contributed by atoms with Crippen LogP contribution in [-0.2, 0) is 37.7 Å². The fourth-order valence-electron chi connectivity index (χ4n) is 5.60. The minimum Gasteiger partial charge on any atom is -0.480 e. The molecule has 0 bridgehead atoms. The Morgan fingerprint density at radius 1 is 1.15 bits per heavy atom. The molecule has 41 heavy (non-hydrogen) atoms. The number of ether oxygens (including phenoxy) is 1. The molecule has 4 N–H and O–H groups in total. The maximum absolute atomic E-state index is 13.6. The molecule has 216 valence electrons. The van der Waals surface area contributed by atoms with Crippen LogP contribution in [0, 0.1) is 5.82 Å². The summed E-state index contributed by atoms with van der Waals surface area (Å²) in [6, 6.07) is 9.91. The minimum atomic E-state index is -1.54. The number of aryl methyl sites for hydroxylation is 1. The number of carbonyl (C=O) groups excluding carboxylic acids is 4. The fraction of sp³-hybridized carbons (Fsp3) is 0.393. The van der Waals surface area contributed by atoms with E-state index in [1.165, 1.54) is 24.1 Å². The highest BCUT2D eigenvalue weighted by atomic mass is 19.1. The van der Waals surface area contributed by atoms with Gasteiger partial charge >= 0.3 is 18.1 Å². The van der Waals surface area contributed by atoms with Crippen LogP contribution in [0.5, 0.6) is 0 Å². The number of hydrogen-bond donors (Lipinski definition) is 4. The number of carboxylic acid groups (broad SMARTS) is 1. The van der Waals surface area contributed by atoms with Crippen molar-refractivity contribution in [3.05, 3.63) is 65.0 Å². The number of carbonyl (C=O) groups is 5. The lowest BCUT2D eigenvalue weighted by molar-refractivity contribution is -0.144. The van der Waals surface area contributed by atoms with Gasteiger partial charge in [0.15, 0.2) is 0 Å². The summed E-state index contributed by atoms with van der Waals surface area (Å²) < 4.78 is 19.1. The number of halogens is 1. The summed E-state index contributed by atoms with van der Waals surface area (Å²) in [5.74, 6) is -2.52. The number of benzene rings is 2. The highest BCUT2D eigenvalue weighted by Crippen LogP contribution is 2.46. The van der Waals surface area contributed by atoms with E-state index in [1.54, 1.807) is 30.3 Å². The number of imide groups is 1. The third-order valence-electron chi connectivity index (χ3n) is 7.82. The van der Waals surface area contributed by atoms with E-state index < -0.39 is 47.9 Å². The summed E-state index contributed by atoms with van der Waals surface area (Å²) >= 11 is 0. The predicted molar refractivity (Wildman–Crippen MR) is 142 cm³/mol. The van der Waals surface area contributed by atoms with Crippen LogP contribution in [0.1, 0.15) is 36.0 Å². The van der Waals surface area contributed by atoms with Gasteiger partial charge in [0.2, 0.25) is 11.5 Å². The maximum Gasteiger partial charge on any atom is 0.418 e. The van der Waals surface area contributed by atoms with Crippen LogP contribution >= 0.6 is 0 Å². The normalized spacial score (nSPS) is 22.6. The Balaban J connectivity index is 1.31. The van der Waals surface area contributed by atoms with Crippen molar-refractivity contribution in [3.8, 4) is 0 Å². The molecule has 0 aromatic heterocycles. The van der Waals surface area contributed by atoms with Gasteiger partial charge in [-0.15, -0.1) is 0 Å². The Morgan fingerprint density at radius 2 is 1.88 bits per heavy atom. The molecular weight excluding hydrogens is 537 g/mol. The van der Waals surface area contributed by atoms with Crippen LogP contribution in [0.4, 0.5) is 19.7 Å². The van der Waals surface area contributed by atoms with E-state index in [2.05, 4.69) is 16.0 Å². The Morgan fingerprint density at radius 3 is 2.56 bits per heavy atom. The molecule has 1 saturated heterocycles. The number of nitrogens with one attached hydrogen (secondary N) is 3. The van der Waals surface area contributed by atoms with E-state index in [9.17, 15) is 28.4 Å². The number of carboxylic acids is 1. The minimum absolute atomic E-state index is 0.0981. The zero-order chi connectivity index (χ0) is 29.3. The largest absolute Gasteiger partial charge is 0.480 e. The van der Waals surface area contributed by atoms with E-state index in [4.69, 9.17) is 9.84 Å². The summed E-state index contributed by atoms with van der Waals surface area (Å²) in [5, 5.41) is 17.0. The number of fused-ring (bicyclic) bond motifs is 2. The van der Waals surface area contributed by atoms with Gasteiger partial charge in [-0.05, 0) is 54.7 Å². The van der Waals surface area contributed by atoms with Crippen molar-refractivity contribution in [2.75, 3.05) is 25.5 Å². The summed E-state index contributed by atoms with van der Waals surface area (Å²) in [6.07, 6.45) is 0.702. The van der Waals surface area contributed by atoms with Crippen molar-refractivity contribution in [2.24, 2.45) is 0 Å². The molecule has 2 aromatic rings. The monoisotopic (exact) mass is 567 g/mol. The maximum atomic E-state index is 13.6. The molecule has 1 aliphatic heterocycles. The van der Waals surface area contributed by atoms with E-state index >= 15 is 0 Å². The number of aliphatic carboxylic acids is 1. The van der Waals surface area contributed by atoms with Gasteiger partial charge in [0.1, 0.15) is 12.4 Å². The summed E-state index contributed by atoms with van der Waals surface area (Å²) in [4.78, 5) is 65.1. The smallest absolute Gasteiger partial charge is 0.418 e. The molecule has 1 heterocycles. The Bertz CT molecular complexity index is 1390. The van der Waals surface area contributed by atoms with Crippen LogP contribution in [-0.4, -0.2) is 77.0 Å². The lowest BCUT2D eigenvalue weighted by Gasteiger charge is -2.43. The van der Waals surface area contributed by atoms with Crippen molar-refractivity contribution < 1.29 is 38.2 Å². The number of urea groups is 1. The molecule has 2 aromatic carbocycles. The number of rotatable bonds is 9. The zero-order valence-corrected chi connectivity index (χ0v) is 22.3. The molecular formula is C28H30FN5O7. The highest BCUT2D eigenvalue weighted by Gasteiger charge is 2.58. The topological polar surface area (TPSA) is 157 Å². The van der Waals surface area contributed by atoms with Crippen LogP contribution in [0.2, 0.25) is 0 Å². The summed E-state index contributed by atoms with van der Waals surface area (Å²) in [7, 11) is 1.49. The molecule has 1 saturated carbocycles. The van der Waals surface area contributed by atoms with Crippen molar-refractivity contribution in [1.82, 2.24) is 20.4 Å². The molecule has 12 nitrogen and oxygen atoms in total. The predicted octanol–water partition coefficient (Wildman–Crippen LogP) is 1.93. The second-order valence-electron chi connectivity index (χ2n) is 10.4. The molecule has 5 rings (SSSR count). The Hall–Kier alpha value is -4.52. The molecule has 1 spiro atoms. The van der Waals surface area contributed by atoms with Crippen molar-refractivity contribution in [3.63, 3.8) is 0 Å². The number of hydrogen-bond acceptors (Lipinski definition) is 7. The van der Waals surface area contributed by atoms with Crippen LogP contribution < -0.4 is 16.0 Å². The lowest BCUT2D eigenvalue weighted by atomic mass is 9.85. The van der Waals surface area contributed by atoms with Gasteiger partial charge in [-0.25, -0.2) is 18.9 Å². The molecule has 0 radical (unpaired) electrons. The van der Waals surface area contributed by atoms with E-state index in [1.807, 2.05) is 0 Å². The van der Waals surface area contributed by atoms with Crippen LogP contribution in [0.3, 0.4) is 0 Å². The average molecular weight is 568 g/mol. The second-order valence-corrected chi connectivity index (χ2v) is 10.4. The third kappa shape index (κ3) is 5.57. The van der Waals surface area contributed by atoms with Crippen molar-refractivity contribution in [1.29, 1.82) is 0 Å². The van der Waals surface area contributed by atoms with Gasteiger partial charge in [0, 0.05) is 43.3 Å². The quantitative estimate of drug-likeness (QED) is 0.358. The first-order valence-electron chi connectivity index (χ1n) is 13.3. The van der Waals surface area contributed by atoms with Crippen molar-refractivity contribution in [2.45, 2.75) is 49.9 Å². The van der Waals surface area contributed by atoms with E-state index in [0.29, 0.717) is 36.1 Å². The van der Waals surface area contributed by atoms with Crippen LogP contribution in [0.25, 0.3) is 0 Å². The number of amides is 5. The highest BCUT2D eigenvalue weighted by molar-refractivity contribution is 6.06. The Kier molecular flexibility index (Phi) is 7.63. The average Bonchev–Trinajstić information content (AvgIpc) is 3.39. The second kappa shape index (κ2) is 11.2.